The van der Waals surface area contributed by atoms with E-state index in [1.54, 1.807) is 0 Å². The second-order valence-electron chi connectivity index (χ2n) is 26.4. The molecule has 16 aromatic rings. The Hall–Kier alpha value is -13.3. The van der Waals surface area contributed by atoms with Gasteiger partial charge in [0.05, 0.1) is 33.7 Å². The van der Waals surface area contributed by atoms with Gasteiger partial charge in [-0.2, -0.15) is 5.26 Å². The normalized spacial score (nSPS) is 14.3. The lowest BCUT2D eigenvalue weighted by molar-refractivity contribution is 0.436. The van der Waals surface area contributed by atoms with Gasteiger partial charge in [0.15, 0.2) is 5.82 Å². The van der Waals surface area contributed by atoms with E-state index in [-0.39, 0.29) is 0 Å². The van der Waals surface area contributed by atoms with Crippen molar-refractivity contribution in [1.82, 2.24) is 9.97 Å². The quantitative estimate of drug-likeness (QED) is 0.152. The molecule has 1 aromatic heterocycles. The van der Waals surface area contributed by atoms with Crippen LogP contribution in [0, 0.1) is 11.3 Å². The zero-order chi connectivity index (χ0) is 66.0. The van der Waals surface area contributed by atoms with Gasteiger partial charge in [-0.15, -0.1) is 0 Å². The third-order valence-corrected chi connectivity index (χ3v) is 21.3. The van der Waals surface area contributed by atoms with Crippen molar-refractivity contribution >= 4 is 10.9 Å². The fourth-order valence-corrected chi connectivity index (χ4v) is 17.0. The highest BCUT2D eigenvalue weighted by molar-refractivity contribution is 6.00. The van der Waals surface area contributed by atoms with E-state index in [0.29, 0.717) is 11.4 Å². The van der Waals surface area contributed by atoms with Crippen LogP contribution >= 0.6 is 0 Å². The summed E-state index contributed by atoms with van der Waals surface area (Å²) in [6, 6.07) is 126. The summed E-state index contributed by atoms with van der Waals surface area (Å²) in [7, 11) is 0. The minimum Gasteiger partial charge on any atom is -0.457 e. The molecule has 4 aliphatic rings. The zero-order valence-corrected chi connectivity index (χ0v) is 54.1. The van der Waals surface area contributed by atoms with Crippen LogP contribution in [0.3, 0.4) is 0 Å². The maximum Gasteiger partial charge on any atom is 0.160 e. The number of hydrogen-bond donors (Lipinski definition) is 0. The molecular formula is C95H57N3O2. The molecule has 464 valence electrons. The molecule has 3 heterocycles. The average molecular weight is 1270 g/mol. The van der Waals surface area contributed by atoms with Gasteiger partial charge >= 0.3 is 0 Å². The Bertz CT molecular complexity index is 6090. The molecular weight excluding hydrogens is 1220 g/mol. The standard InChI is InChI=1S/C95H57N3O2/c96-58-59-42-44-62(45-43-59)69-24-1-3-26-72(69)73-27-4-2-25-70(73)66-51-53-84-90(57-66)100-88-41-16-13-37-82(88)95(84)80-35-11-7-30-76(80)91-71(32-19-38-85(91)95)65-21-18-23-68(55-65)93-97-86-39-14-8-31-77(86)92(98-93)67-22-17-20-63(54-67)60-46-48-61(49-47-60)64-50-52-83-89(56-64)99-87-40-15-12-36-81(87)94(83)78-33-9-5-28-74(78)75-29-6-10-34-79(75)94/h1-57H. The Kier molecular flexibility index (Phi) is 12.8. The van der Waals surface area contributed by atoms with Gasteiger partial charge in [0.2, 0.25) is 0 Å². The summed E-state index contributed by atoms with van der Waals surface area (Å²) in [5, 5.41) is 10.6. The Morgan fingerprint density at radius 2 is 0.650 bits per heavy atom. The molecule has 1 atom stereocenters. The molecule has 0 fully saturated rings. The van der Waals surface area contributed by atoms with Crippen LogP contribution in [0.4, 0.5) is 0 Å². The van der Waals surface area contributed by atoms with E-state index in [4.69, 9.17) is 19.4 Å². The molecule has 0 radical (unpaired) electrons. The topological polar surface area (TPSA) is 68.0 Å². The predicted molar refractivity (Wildman–Crippen MR) is 402 cm³/mol. The second kappa shape index (κ2) is 22.4. The molecule has 15 aromatic carbocycles. The summed E-state index contributed by atoms with van der Waals surface area (Å²) in [4.78, 5) is 10.8. The van der Waals surface area contributed by atoms with E-state index >= 15 is 0 Å². The van der Waals surface area contributed by atoms with Crippen molar-refractivity contribution in [2.24, 2.45) is 0 Å². The maximum absolute atomic E-state index is 9.61. The first-order chi connectivity index (χ1) is 49.5. The Morgan fingerprint density at radius 3 is 1.29 bits per heavy atom. The smallest absolute Gasteiger partial charge is 0.160 e. The van der Waals surface area contributed by atoms with E-state index < -0.39 is 10.8 Å². The molecule has 20 rings (SSSR count). The monoisotopic (exact) mass is 1270 g/mol. The molecule has 5 nitrogen and oxygen atoms in total. The third-order valence-electron chi connectivity index (χ3n) is 21.3. The largest absolute Gasteiger partial charge is 0.457 e. The van der Waals surface area contributed by atoms with Gasteiger partial charge in [-0.3, -0.25) is 0 Å². The van der Waals surface area contributed by atoms with Crippen LogP contribution in [0.1, 0.15) is 50.1 Å². The molecule has 1 unspecified atom stereocenters. The van der Waals surface area contributed by atoms with Crippen LogP contribution in [-0.4, -0.2) is 9.97 Å². The van der Waals surface area contributed by atoms with Gasteiger partial charge in [0.1, 0.15) is 23.0 Å². The minimum absolute atomic E-state index is 0.504. The Morgan fingerprint density at radius 1 is 0.250 bits per heavy atom. The number of ether oxygens (including phenoxy) is 2. The lowest BCUT2D eigenvalue weighted by atomic mass is 9.66. The van der Waals surface area contributed by atoms with Crippen molar-refractivity contribution in [3.63, 3.8) is 0 Å². The predicted octanol–water partition coefficient (Wildman–Crippen LogP) is 23.8. The average Bonchev–Trinajstić information content (AvgIpc) is 1.50. The van der Waals surface area contributed by atoms with Crippen molar-refractivity contribution in [1.29, 1.82) is 5.26 Å². The summed E-state index contributed by atoms with van der Waals surface area (Å²) in [6.45, 7) is 0. The van der Waals surface area contributed by atoms with Crippen molar-refractivity contribution < 1.29 is 9.47 Å². The maximum atomic E-state index is 9.61. The number of para-hydroxylation sites is 3. The summed E-state index contributed by atoms with van der Waals surface area (Å²) >= 11 is 0. The first kappa shape index (κ1) is 57.0. The molecule has 5 heteroatoms. The molecule has 0 bridgehead atoms. The molecule has 0 saturated heterocycles. The number of nitrogens with zero attached hydrogens (tertiary/aromatic N) is 3. The van der Waals surface area contributed by atoms with Crippen LogP contribution in [0.25, 0.3) is 123 Å². The van der Waals surface area contributed by atoms with E-state index in [1.165, 1.54) is 44.5 Å². The van der Waals surface area contributed by atoms with Gasteiger partial charge in [0.25, 0.3) is 0 Å². The molecule has 0 saturated carbocycles. The van der Waals surface area contributed by atoms with Crippen molar-refractivity contribution in [2.75, 3.05) is 0 Å². The van der Waals surface area contributed by atoms with Crippen LogP contribution in [0.5, 0.6) is 23.0 Å². The summed E-state index contributed by atoms with van der Waals surface area (Å²) in [6.07, 6.45) is 0. The van der Waals surface area contributed by atoms with Gasteiger partial charge in [0, 0.05) is 38.8 Å². The van der Waals surface area contributed by atoms with Crippen molar-refractivity contribution in [3.8, 4) is 141 Å². The molecule has 0 N–H and O–H groups in total. The van der Waals surface area contributed by atoms with E-state index in [2.05, 4.69) is 328 Å². The minimum atomic E-state index is -0.705. The second-order valence-corrected chi connectivity index (χ2v) is 26.4. The van der Waals surface area contributed by atoms with Crippen molar-refractivity contribution in [3.05, 3.63) is 396 Å². The number of rotatable bonds is 8. The molecule has 2 aliphatic heterocycles. The van der Waals surface area contributed by atoms with E-state index in [0.717, 1.165) is 140 Å². The van der Waals surface area contributed by atoms with Crippen LogP contribution in [0.2, 0.25) is 0 Å². The SMILES string of the molecule is N#Cc1ccc(-c2ccccc2-c2ccccc2-c2ccc3c(c2)Oc2ccccc2C32c3ccccc3-c3c(-c4cccc(-c5nc(-c6cccc(-c7ccc(-c8ccc9c(c8)Oc8ccccc8C98c9ccccc9-c9ccccc98)cc7)c6)c6ccccc6n5)c4)cccc32)cc1. The molecule has 2 spiro atoms. The summed E-state index contributed by atoms with van der Waals surface area (Å²) in [5.41, 5.74) is 30.6. The van der Waals surface area contributed by atoms with Gasteiger partial charge in [-0.05, 0) is 166 Å². The van der Waals surface area contributed by atoms with Crippen LogP contribution in [0.15, 0.2) is 346 Å². The number of fused-ring (bicyclic) bond motifs is 19. The number of aromatic nitrogens is 2. The third kappa shape index (κ3) is 8.48. The van der Waals surface area contributed by atoms with E-state index in [9.17, 15) is 5.26 Å². The number of hydrogen-bond acceptors (Lipinski definition) is 5. The van der Waals surface area contributed by atoms with Crippen LogP contribution in [-0.2, 0) is 10.8 Å². The molecule has 2 aliphatic carbocycles. The van der Waals surface area contributed by atoms with Gasteiger partial charge < -0.3 is 9.47 Å². The first-order valence-electron chi connectivity index (χ1n) is 34.1. The van der Waals surface area contributed by atoms with Crippen molar-refractivity contribution in [2.45, 2.75) is 10.8 Å². The number of nitriles is 1. The Balaban J connectivity index is 0.646. The zero-order valence-electron chi connectivity index (χ0n) is 54.1. The highest BCUT2D eigenvalue weighted by Crippen LogP contribution is 2.65. The van der Waals surface area contributed by atoms with Crippen LogP contribution < -0.4 is 9.47 Å². The lowest BCUT2D eigenvalue weighted by Gasteiger charge is -2.39. The fourth-order valence-electron chi connectivity index (χ4n) is 17.0. The van der Waals surface area contributed by atoms with Gasteiger partial charge in [-0.25, -0.2) is 9.97 Å². The summed E-state index contributed by atoms with van der Waals surface area (Å²) < 4.78 is 14.0. The fraction of sp³-hybridized carbons (Fsp3) is 0.0211. The molecule has 0 amide bonds. The Labute approximate surface area is 579 Å². The first-order valence-corrected chi connectivity index (χ1v) is 34.1. The highest BCUT2D eigenvalue weighted by atomic mass is 16.5. The van der Waals surface area contributed by atoms with E-state index in [1.807, 2.05) is 24.3 Å². The molecule has 100 heavy (non-hydrogen) atoms. The highest BCUT2D eigenvalue weighted by Gasteiger charge is 2.53. The summed E-state index contributed by atoms with van der Waals surface area (Å²) in [5.74, 6) is 4.05. The number of benzene rings is 15. The lowest BCUT2D eigenvalue weighted by Crippen LogP contribution is -2.32. The van der Waals surface area contributed by atoms with Gasteiger partial charge in [-0.1, -0.05) is 291 Å².